The maximum atomic E-state index is 6.08. The fourth-order valence-electron chi connectivity index (χ4n) is 1.52. The quantitative estimate of drug-likeness (QED) is 0.724. The third kappa shape index (κ3) is 5.10. The van der Waals surface area contributed by atoms with Crippen LogP contribution in [0.15, 0.2) is 24.8 Å². The summed E-state index contributed by atoms with van der Waals surface area (Å²) in [6.07, 6.45) is 1.83. The van der Waals surface area contributed by atoms with Crippen LogP contribution in [0.4, 0.5) is 0 Å². The van der Waals surface area contributed by atoms with Crippen LogP contribution < -0.4 is 8.85 Å². The van der Waals surface area contributed by atoms with E-state index in [1.165, 1.54) is 0 Å². The Bertz CT molecular complexity index is 428. The second-order valence-corrected chi connectivity index (χ2v) is 15.2. The Morgan fingerprint density at radius 1 is 0.944 bits per heavy atom. The lowest BCUT2D eigenvalue weighted by Gasteiger charge is -2.24. The van der Waals surface area contributed by atoms with Gasteiger partial charge in [0.25, 0.3) is 0 Å². The van der Waals surface area contributed by atoms with Crippen LogP contribution in [-0.2, 0) is 0 Å². The van der Waals surface area contributed by atoms with E-state index in [-0.39, 0.29) is 0 Å². The summed E-state index contributed by atoms with van der Waals surface area (Å²) in [6, 6.07) is 6.00. The molecule has 0 atom stereocenters. The predicted octanol–water partition coefficient (Wildman–Crippen LogP) is 4.76. The zero-order chi connectivity index (χ0) is 14.0. The fourth-order valence-corrected chi connectivity index (χ4v) is 3.19. The van der Waals surface area contributed by atoms with Crippen molar-refractivity contribution in [2.75, 3.05) is 0 Å². The molecule has 0 aliphatic carbocycles. The van der Waals surface area contributed by atoms with Crippen LogP contribution in [0.1, 0.15) is 5.56 Å². The zero-order valence-corrected chi connectivity index (χ0v) is 14.3. The zero-order valence-electron chi connectivity index (χ0n) is 12.3. The van der Waals surface area contributed by atoms with Crippen molar-refractivity contribution < 1.29 is 8.85 Å². The van der Waals surface area contributed by atoms with Crippen molar-refractivity contribution in [3.8, 4) is 11.5 Å². The molecule has 0 aliphatic rings. The van der Waals surface area contributed by atoms with Gasteiger partial charge in [0.1, 0.15) is 11.5 Å². The molecule has 0 aliphatic heterocycles. The highest BCUT2D eigenvalue weighted by Crippen LogP contribution is 2.29. The number of hydrogen-bond donors (Lipinski definition) is 0. The van der Waals surface area contributed by atoms with Crippen LogP contribution in [0.2, 0.25) is 39.3 Å². The summed E-state index contributed by atoms with van der Waals surface area (Å²) in [5, 5.41) is 0. The van der Waals surface area contributed by atoms with E-state index >= 15 is 0 Å². The van der Waals surface area contributed by atoms with E-state index in [1.807, 2.05) is 24.3 Å². The number of hydrogen-bond acceptors (Lipinski definition) is 2. The molecule has 1 aromatic rings. The first kappa shape index (κ1) is 15.1. The van der Waals surface area contributed by atoms with E-state index in [0.717, 1.165) is 17.1 Å². The molecule has 0 bridgehead atoms. The maximum absolute atomic E-state index is 6.08. The second-order valence-electron chi connectivity index (χ2n) is 6.33. The first-order valence-corrected chi connectivity index (χ1v) is 13.1. The Labute approximate surface area is 113 Å². The number of rotatable bonds is 5. The third-order valence-corrected chi connectivity index (χ3v) is 3.73. The lowest BCUT2D eigenvalue weighted by atomic mass is 10.2. The molecule has 0 saturated carbocycles. The normalized spacial score (nSPS) is 12.1. The van der Waals surface area contributed by atoms with Gasteiger partial charge in [-0.05, 0) is 51.4 Å². The van der Waals surface area contributed by atoms with E-state index in [9.17, 15) is 0 Å². The van der Waals surface area contributed by atoms with Gasteiger partial charge in [0.2, 0.25) is 16.6 Å². The minimum atomic E-state index is -1.62. The van der Waals surface area contributed by atoms with Crippen LogP contribution in [-0.4, -0.2) is 16.6 Å². The van der Waals surface area contributed by atoms with Gasteiger partial charge < -0.3 is 8.85 Å². The molecule has 0 heterocycles. The van der Waals surface area contributed by atoms with Crippen LogP contribution >= 0.6 is 0 Å². The first-order chi connectivity index (χ1) is 8.11. The van der Waals surface area contributed by atoms with Gasteiger partial charge in [-0.3, -0.25) is 0 Å². The molecule has 0 fully saturated rings. The van der Waals surface area contributed by atoms with E-state index in [4.69, 9.17) is 8.85 Å². The molecule has 100 valence electrons. The Morgan fingerprint density at radius 3 is 1.94 bits per heavy atom. The molecule has 0 aromatic heterocycles. The topological polar surface area (TPSA) is 18.5 Å². The summed E-state index contributed by atoms with van der Waals surface area (Å²) in [7, 11) is -3.20. The Kier molecular flexibility index (Phi) is 4.45. The molecular formula is C14H24O2Si2. The average Bonchev–Trinajstić information content (AvgIpc) is 2.12. The van der Waals surface area contributed by atoms with E-state index < -0.39 is 16.6 Å². The highest BCUT2D eigenvalue weighted by Gasteiger charge is 2.20. The van der Waals surface area contributed by atoms with Crippen LogP contribution in [0.5, 0.6) is 11.5 Å². The van der Waals surface area contributed by atoms with Gasteiger partial charge >= 0.3 is 0 Å². The van der Waals surface area contributed by atoms with Gasteiger partial charge in [-0.1, -0.05) is 12.7 Å². The molecule has 0 spiro atoms. The van der Waals surface area contributed by atoms with Crippen LogP contribution in [0.3, 0.4) is 0 Å². The minimum Gasteiger partial charge on any atom is -0.544 e. The van der Waals surface area contributed by atoms with E-state index in [2.05, 4.69) is 45.9 Å². The van der Waals surface area contributed by atoms with E-state index in [0.29, 0.717) is 0 Å². The third-order valence-electron chi connectivity index (χ3n) is 2.05. The van der Waals surface area contributed by atoms with Crippen LogP contribution in [0, 0.1) is 0 Å². The molecule has 0 unspecified atom stereocenters. The number of benzene rings is 1. The van der Waals surface area contributed by atoms with Gasteiger partial charge in [0.05, 0.1) is 0 Å². The van der Waals surface area contributed by atoms with Crippen molar-refractivity contribution in [3.63, 3.8) is 0 Å². The lowest BCUT2D eigenvalue weighted by molar-refractivity contribution is 0.532. The molecule has 1 aromatic carbocycles. The highest BCUT2D eigenvalue weighted by molar-refractivity contribution is 6.70. The predicted molar refractivity (Wildman–Crippen MR) is 84.5 cm³/mol. The van der Waals surface area contributed by atoms with Gasteiger partial charge in [0, 0.05) is 11.6 Å². The smallest absolute Gasteiger partial charge is 0.242 e. The van der Waals surface area contributed by atoms with Crippen LogP contribution in [0.25, 0.3) is 6.08 Å². The lowest BCUT2D eigenvalue weighted by Crippen LogP contribution is -2.30. The summed E-state index contributed by atoms with van der Waals surface area (Å²) in [6.45, 7) is 16.9. The Hall–Kier alpha value is -1.01. The summed E-state index contributed by atoms with van der Waals surface area (Å²) >= 11 is 0. The molecule has 0 saturated heterocycles. The van der Waals surface area contributed by atoms with Crippen molar-refractivity contribution in [2.45, 2.75) is 39.3 Å². The minimum absolute atomic E-state index is 0.889. The molecule has 0 N–H and O–H groups in total. The van der Waals surface area contributed by atoms with Gasteiger partial charge in [0.15, 0.2) is 0 Å². The summed E-state index contributed by atoms with van der Waals surface area (Å²) < 4.78 is 12.1. The Morgan fingerprint density at radius 2 is 1.50 bits per heavy atom. The summed E-state index contributed by atoms with van der Waals surface area (Å²) in [5.74, 6) is 1.79. The first-order valence-electron chi connectivity index (χ1n) is 6.25. The SMILES string of the molecule is C=Cc1ccc(O[Si](C)(C)C)cc1O[Si](C)(C)C. The molecule has 0 amide bonds. The second kappa shape index (κ2) is 5.32. The standard InChI is InChI=1S/C14H24O2Si2/c1-8-12-9-10-13(15-17(2,3)4)11-14(12)16-18(5,6)7/h8-11H,1H2,2-7H3. The van der Waals surface area contributed by atoms with Gasteiger partial charge in [-0.15, -0.1) is 0 Å². The Balaban J connectivity index is 3.06. The van der Waals surface area contributed by atoms with Gasteiger partial charge in [-0.2, -0.15) is 0 Å². The van der Waals surface area contributed by atoms with E-state index in [1.54, 1.807) is 0 Å². The molecule has 18 heavy (non-hydrogen) atoms. The van der Waals surface area contributed by atoms with Gasteiger partial charge in [-0.25, -0.2) is 0 Å². The summed E-state index contributed by atoms with van der Waals surface area (Å²) in [5.41, 5.74) is 1.03. The molecule has 4 heteroatoms. The average molecular weight is 281 g/mol. The highest BCUT2D eigenvalue weighted by atomic mass is 28.4. The maximum Gasteiger partial charge on any atom is 0.242 e. The molecule has 1 rings (SSSR count). The fraction of sp³-hybridized carbons (Fsp3) is 0.429. The molecule has 2 nitrogen and oxygen atoms in total. The summed E-state index contributed by atoms with van der Waals surface area (Å²) in [4.78, 5) is 0. The largest absolute Gasteiger partial charge is 0.544 e. The van der Waals surface area contributed by atoms with Crippen molar-refractivity contribution in [3.05, 3.63) is 30.3 Å². The molecule has 0 radical (unpaired) electrons. The molecular weight excluding hydrogens is 256 g/mol. The monoisotopic (exact) mass is 280 g/mol. The van der Waals surface area contributed by atoms with Crippen molar-refractivity contribution in [1.82, 2.24) is 0 Å². The van der Waals surface area contributed by atoms with Crippen molar-refractivity contribution in [2.24, 2.45) is 0 Å². The van der Waals surface area contributed by atoms with Crippen molar-refractivity contribution >= 4 is 22.7 Å². The van der Waals surface area contributed by atoms with Crippen molar-refractivity contribution in [1.29, 1.82) is 0 Å².